The summed E-state index contributed by atoms with van der Waals surface area (Å²) in [6, 6.07) is 4.40. The SMILES string of the molecule is CC(C)NC(=O)C(=O)NNC(=O)C1(c2cccc(C(F)(F)F)c2)CCCC1. The topological polar surface area (TPSA) is 87.3 Å². The standard InChI is InChI=1S/C18H22F3N3O3/c1-11(2)22-14(25)15(26)23-24-16(27)17(8-3-4-9-17)12-6-5-7-13(10-12)18(19,20)21/h5-7,10-11H,3-4,8-9H2,1-2H3,(H,22,25)(H,23,26)(H,24,27). The number of amides is 3. The largest absolute Gasteiger partial charge is 0.416 e. The number of hydrogen-bond donors (Lipinski definition) is 3. The van der Waals surface area contributed by atoms with Gasteiger partial charge in [-0.05, 0) is 38.3 Å². The van der Waals surface area contributed by atoms with Gasteiger partial charge in [0.2, 0.25) is 5.91 Å². The van der Waals surface area contributed by atoms with Crippen molar-refractivity contribution in [2.75, 3.05) is 0 Å². The zero-order valence-corrected chi connectivity index (χ0v) is 15.1. The van der Waals surface area contributed by atoms with Gasteiger partial charge in [-0.25, -0.2) is 0 Å². The summed E-state index contributed by atoms with van der Waals surface area (Å²) in [6.45, 7) is 3.34. The molecule has 0 aliphatic heterocycles. The van der Waals surface area contributed by atoms with Crippen molar-refractivity contribution < 1.29 is 27.6 Å². The molecule has 3 amide bonds. The first-order valence-corrected chi connectivity index (χ1v) is 8.65. The Hall–Kier alpha value is -2.58. The van der Waals surface area contributed by atoms with Gasteiger partial charge < -0.3 is 5.32 Å². The molecule has 1 aromatic carbocycles. The van der Waals surface area contributed by atoms with Gasteiger partial charge in [0, 0.05) is 6.04 Å². The third kappa shape index (κ3) is 4.78. The zero-order valence-electron chi connectivity index (χ0n) is 15.1. The molecule has 1 aromatic rings. The van der Waals surface area contributed by atoms with Gasteiger partial charge in [-0.2, -0.15) is 13.2 Å². The summed E-state index contributed by atoms with van der Waals surface area (Å²) < 4.78 is 39.1. The number of rotatable bonds is 3. The summed E-state index contributed by atoms with van der Waals surface area (Å²) in [7, 11) is 0. The predicted octanol–water partition coefficient (Wildman–Crippen LogP) is 2.19. The van der Waals surface area contributed by atoms with E-state index >= 15 is 0 Å². The van der Waals surface area contributed by atoms with Crippen LogP contribution in [0.2, 0.25) is 0 Å². The van der Waals surface area contributed by atoms with Crippen LogP contribution < -0.4 is 16.2 Å². The van der Waals surface area contributed by atoms with Crippen LogP contribution in [0, 0.1) is 0 Å². The molecule has 0 saturated heterocycles. The Labute approximate surface area is 154 Å². The molecular weight excluding hydrogens is 363 g/mol. The third-order valence-corrected chi connectivity index (χ3v) is 4.55. The Morgan fingerprint density at radius 3 is 2.22 bits per heavy atom. The monoisotopic (exact) mass is 385 g/mol. The van der Waals surface area contributed by atoms with Crippen molar-refractivity contribution in [3.8, 4) is 0 Å². The van der Waals surface area contributed by atoms with E-state index in [-0.39, 0.29) is 11.6 Å². The number of hydrazine groups is 1. The maximum absolute atomic E-state index is 13.0. The minimum Gasteiger partial charge on any atom is -0.346 e. The van der Waals surface area contributed by atoms with Crippen molar-refractivity contribution >= 4 is 17.7 Å². The quantitative estimate of drug-likeness (QED) is 0.551. The molecule has 1 aliphatic rings. The number of halogens is 3. The second kappa shape index (κ2) is 7.98. The van der Waals surface area contributed by atoms with Crippen molar-refractivity contribution in [3.05, 3.63) is 35.4 Å². The highest BCUT2D eigenvalue weighted by molar-refractivity contribution is 6.35. The normalized spacial score (nSPS) is 16.1. The average Bonchev–Trinajstić information content (AvgIpc) is 3.09. The molecule has 2 rings (SSSR count). The molecule has 9 heteroatoms. The smallest absolute Gasteiger partial charge is 0.346 e. The second-order valence-electron chi connectivity index (χ2n) is 6.90. The van der Waals surface area contributed by atoms with E-state index < -0.39 is 34.9 Å². The van der Waals surface area contributed by atoms with E-state index in [4.69, 9.17) is 0 Å². The lowest BCUT2D eigenvalue weighted by atomic mass is 9.77. The lowest BCUT2D eigenvalue weighted by Crippen LogP contribution is -2.54. The second-order valence-corrected chi connectivity index (χ2v) is 6.90. The first-order chi connectivity index (χ1) is 12.6. The Bertz CT molecular complexity index is 726. The van der Waals surface area contributed by atoms with E-state index in [1.807, 2.05) is 5.43 Å². The molecule has 0 bridgehead atoms. The van der Waals surface area contributed by atoms with Crippen molar-refractivity contribution in [2.24, 2.45) is 0 Å². The molecule has 0 atom stereocenters. The molecule has 1 saturated carbocycles. The van der Waals surface area contributed by atoms with Crippen LogP contribution in [0.3, 0.4) is 0 Å². The fraction of sp³-hybridized carbons (Fsp3) is 0.500. The number of carbonyl (C=O) groups is 3. The highest BCUT2D eigenvalue weighted by Crippen LogP contribution is 2.42. The summed E-state index contributed by atoms with van der Waals surface area (Å²) in [4.78, 5) is 36.1. The molecule has 3 N–H and O–H groups in total. The molecule has 27 heavy (non-hydrogen) atoms. The van der Waals surface area contributed by atoms with Crippen LogP contribution in [0.15, 0.2) is 24.3 Å². The van der Waals surface area contributed by atoms with E-state index in [0.717, 1.165) is 12.1 Å². The van der Waals surface area contributed by atoms with Crippen LogP contribution in [-0.4, -0.2) is 23.8 Å². The van der Waals surface area contributed by atoms with Crippen molar-refractivity contribution in [1.29, 1.82) is 0 Å². The highest BCUT2D eigenvalue weighted by Gasteiger charge is 2.44. The van der Waals surface area contributed by atoms with E-state index in [1.165, 1.54) is 12.1 Å². The lowest BCUT2D eigenvalue weighted by molar-refractivity contribution is -0.141. The summed E-state index contributed by atoms with van der Waals surface area (Å²) in [5.74, 6) is -2.59. The maximum atomic E-state index is 13.0. The molecule has 1 aliphatic carbocycles. The summed E-state index contributed by atoms with van der Waals surface area (Å²) in [6.07, 6.45) is -2.46. The molecule has 0 aromatic heterocycles. The van der Waals surface area contributed by atoms with Crippen LogP contribution in [-0.2, 0) is 26.0 Å². The van der Waals surface area contributed by atoms with Crippen molar-refractivity contribution in [2.45, 2.75) is 57.2 Å². The van der Waals surface area contributed by atoms with E-state index in [0.29, 0.717) is 25.7 Å². The van der Waals surface area contributed by atoms with Gasteiger partial charge in [-0.1, -0.05) is 31.0 Å². The van der Waals surface area contributed by atoms with Gasteiger partial charge in [0.05, 0.1) is 11.0 Å². The van der Waals surface area contributed by atoms with Crippen LogP contribution in [0.4, 0.5) is 13.2 Å². The van der Waals surface area contributed by atoms with Gasteiger partial charge in [-0.3, -0.25) is 25.2 Å². The molecule has 148 valence electrons. The number of nitrogens with one attached hydrogen (secondary N) is 3. The maximum Gasteiger partial charge on any atom is 0.416 e. The number of benzene rings is 1. The van der Waals surface area contributed by atoms with Crippen molar-refractivity contribution in [3.63, 3.8) is 0 Å². The Balaban J connectivity index is 2.18. The van der Waals surface area contributed by atoms with Crippen LogP contribution in [0.5, 0.6) is 0 Å². The fourth-order valence-corrected chi connectivity index (χ4v) is 3.24. The first-order valence-electron chi connectivity index (χ1n) is 8.65. The molecule has 6 nitrogen and oxygen atoms in total. The first kappa shape index (κ1) is 20.7. The fourth-order valence-electron chi connectivity index (χ4n) is 3.24. The van der Waals surface area contributed by atoms with Crippen LogP contribution in [0.1, 0.15) is 50.7 Å². The van der Waals surface area contributed by atoms with Crippen LogP contribution in [0.25, 0.3) is 0 Å². The van der Waals surface area contributed by atoms with Gasteiger partial charge in [-0.15, -0.1) is 0 Å². The highest BCUT2D eigenvalue weighted by atomic mass is 19.4. The molecule has 0 radical (unpaired) electrons. The molecule has 0 heterocycles. The van der Waals surface area contributed by atoms with Crippen LogP contribution >= 0.6 is 0 Å². The Morgan fingerprint density at radius 2 is 1.67 bits per heavy atom. The Morgan fingerprint density at radius 1 is 1.04 bits per heavy atom. The minimum atomic E-state index is -4.52. The molecular formula is C18H22F3N3O3. The van der Waals surface area contributed by atoms with Gasteiger partial charge >= 0.3 is 18.0 Å². The van der Waals surface area contributed by atoms with Gasteiger partial charge in [0.15, 0.2) is 0 Å². The third-order valence-electron chi connectivity index (χ3n) is 4.55. The lowest BCUT2D eigenvalue weighted by Gasteiger charge is -2.29. The van der Waals surface area contributed by atoms with E-state index in [9.17, 15) is 27.6 Å². The van der Waals surface area contributed by atoms with Gasteiger partial charge in [0.25, 0.3) is 0 Å². The Kier molecular flexibility index (Phi) is 6.12. The summed E-state index contributed by atoms with van der Waals surface area (Å²) in [5.41, 5.74) is 2.46. The molecule has 1 fully saturated rings. The zero-order chi connectivity index (χ0) is 20.2. The van der Waals surface area contributed by atoms with Crippen molar-refractivity contribution in [1.82, 2.24) is 16.2 Å². The summed E-state index contributed by atoms with van der Waals surface area (Å²) >= 11 is 0. The predicted molar refractivity (Wildman–Crippen MR) is 91.2 cm³/mol. The van der Waals surface area contributed by atoms with Gasteiger partial charge in [0.1, 0.15) is 0 Å². The van der Waals surface area contributed by atoms with E-state index in [1.54, 1.807) is 13.8 Å². The average molecular weight is 385 g/mol. The summed E-state index contributed by atoms with van der Waals surface area (Å²) in [5, 5.41) is 2.37. The number of alkyl halides is 3. The molecule has 0 unspecified atom stereocenters. The minimum absolute atomic E-state index is 0.244. The number of hydrogen-bond acceptors (Lipinski definition) is 3. The molecule has 0 spiro atoms. The number of carbonyl (C=O) groups excluding carboxylic acids is 3. The van der Waals surface area contributed by atoms with E-state index in [2.05, 4.69) is 10.7 Å².